The lowest BCUT2D eigenvalue weighted by Gasteiger charge is -2.32. The van der Waals surface area contributed by atoms with E-state index in [-0.39, 0.29) is 18.6 Å². The van der Waals surface area contributed by atoms with Crippen molar-refractivity contribution in [2.45, 2.75) is 64.0 Å². The van der Waals surface area contributed by atoms with Gasteiger partial charge in [0, 0.05) is 12.6 Å². The zero-order chi connectivity index (χ0) is 15.2. The molecule has 3 unspecified atom stereocenters. The number of carbonyl (C=O) groups is 2. The van der Waals surface area contributed by atoms with Crippen LogP contribution in [0.5, 0.6) is 0 Å². The molecule has 0 aromatic heterocycles. The molecule has 6 nitrogen and oxygen atoms in total. The molecule has 1 aliphatic rings. The van der Waals surface area contributed by atoms with Gasteiger partial charge in [0.15, 0.2) is 0 Å². The molecule has 0 bridgehead atoms. The number of hydrogen-bond donors (Lipinski definition) is 4. The summed E-state index contributed by atoms with van der Waals surface area (Å²) in [6, 6.07) is -0.154. The number of nitrogens with one attached hydrogen (secondary N) is 2. The number of hydrogen-bond acceptors (Lipinski definition) is 3. The molecule has 0 heterocycles. The Bertz CT molecular complexity index is 344. The topological polar surface area (TPSA) is 98.7 Å². The van der Waals surface area contributed by atoms with Gasteiger partial charge in [0.05, 0.1) is 12.0 Å². The fourth-order valence-electron chi connectivity index (χ4n) is 2.76. The van der Waals surface area contributed by atoms with Crippen molar-refractivity contribution in [2.75, 3.05) is 6.54 Å². The average molecular weight is 286 g/mol. The first-order chi connectivity index (χ1) is 9.34. The van der Waals surface area contributed by atoms with Gasteiger partial charge in [-0.1, -0.05) is 26.2 Å². The quantitative estimate of drug-likeness (QED) is 0.594. The third-order valence-corrected chi connectivity index (χ3v) is 3.91. The Morgan fingerprint density at radius 1 is 1.30 bits per heavy atom. The molecule has 116 valence electrons. The summed E-state index contributed by atoms with van der Waals surface area (Å²) in [5.41, 5.74) is -1.43. The monoisotopic (exact) mass is 286 g/mol. The van der Waals surface area contributed by atoms with Gasteiger partial charge in [0.2, 0.25) is 0 Å². The predicted molar refractivity (Wildman–Crippen MR) is 75.4 cm³/mol. The van der Waals surface area contributed by atoms with Crippen molar-refractivity contribution >= 4 is 12.0 Å². The van der Waals surface area contributed by atoms with E-state index in [2.05, 4.69) is 17.6 Å². The van der Waals surface area contributed by atoms with Gasteiger partial charge in [-0.25, -0.2) is 4.79 Å². The number of aliphatic hydroxyl groups is 1. The third kappa shape index (κ3) is 5.77. The smallest absolute Gasteiger partial charge is 0.315 e. The van der Waals surface area contributed by atoms with Gasteiger partial charge in [0.25, 0.3) is 0 Å². The van der Waals surface area contributed by atoms with Crippen molar-refractivity contribution in [3.05, 3.63) is 0 Å². The van der Waals surface area contributed by atoms with Crippen LogP contribution in [0.15, 0.2) is 0 Å². The molecular formula is C14H26N2O4. The number of carbonyl (C=O) groups excluding carboxylic acids is 1. The molecule has 0 aliphatic heterocycles. The highest BCUT2D eigenvalue weighted by atomic mass is 16.4. The van der Waals surface area contributed by atoms with Gasteiger partial charge in [-0.05, 0) is 25.7 Å². The van der Waals surface area contributed by atoms with Gasteiger partial charge >= 0.3 is 12.0 Å². The summed E-state index contributed by atoms with van der Waals surface area (Å²) in [5, 5.41) is 24.0. The summed E-state index contributed by atoms with van der Waals surface area (Å²) in [4.78, 5) is 22.4. The minimum atomic E-state index is -1.43. The van der Waals surface area contributed by atoms with Crippen LogP contribution in [0, 0.1) is 5.92 Å². The molecule has 0 radical (unpaired) electrons. The summed E-state index contributed by atoms with van der Waals surface area (Å²) in [5.74, 6) is -0.579. The van der Waals surface area contributed by atoms with Crippen LogP contribution in [0.25, 0.3) is 0 Å². The number of amides is 2. The fourth-order valence-corrected chi connectivity index (χ4v) is 2.76. The Morgan fingerprint density at radius 3 is 2.55 bits per heavy atom. The average Bonchev–Trinajstić information content (AvgIpc) is 2.36. The van der Waals surface area contributed by atoms with Gasteiger partial charge in [0.1, 0.15) is 0 Å². The summed E-state index contributed by atoms with van der Waals surface area (Å²) in [6.07, 6.45) is 5.11. The van der Waals surface area contributed by atoms with Crippen molar-refractivity contribution in [1.82, 2.24) is 10.6 Å². The van der Waals surface area contributed by atoms with Crippen molar-refractivity contribution in [3.8, 4) is 0 Å². The number of carboxylic acid groups (broad SMARTS) is 1. The zero-order valence-corrected chi connectivity index (χ0v) is 12.3. The second-order valence-electron chi connectivity index (χ2n) is 5.95. The van der Waals surface area contributed by atoms with Crippen LogP contribution in [0.3, 0.4) is 0 Å². The van der Waals surface area contributed by atoms with Crippen LogP contribution in [0.4, 0.5) is 4.79 Å². The molecule has 1 fully saturated rings. The van der Waals surface area contributed by atoms with Crippen LogP contribution >= 0.6 is 0 Å². The molecule has 20 heavy (non-hydrogen) atoms. The molecule has 0 aromatic rings. The molecule has 0 spiro atoms. The zero-order valence-electron chi connectivity index (χ0n) is 12.3. The molecular weight excluding hydrogens is 260 g/mol. The van der Waals surface area contributed by atoms with Gasteiger partial charge in [-0.3, -0.25) is 4.79 Å². The lowest BCUT2D eigenvalue weighted by molar-refractivity contribution is -0.141. The van der Waals surface area contributed by atoms with E-state index in [0.29, 0.717) is 5.92 Å². The number of rotatable bonds is 6. The van der Waals surface area contributed by atoms with Gasteiger partial charge in [-0.15, -0.1) is 0 Å². The standard InChI is InChI=1S/C14H26N2O4/c1-3-10-6-4-5-7-11(10)16-13(19)15-9-14(2,20)8-12(17)18/h10-11,20H,3-9H2,1-2H3,(H,17,18)(H2,15,16,19). The SMILES string of the molecule is CCC1CCCCC1NC(=O)NCC(C)(O)CC(=O)O. The van der Waals surface area contributed by atoms with E-state index >= 15 is 0 Å². The highest BCUT2D eigenvalue weighted by Gasteiger charge is 2.27. The van der Waals surface area contributed by atoms with Gasteiger partial charge in [-0.2, -0.15) is 0 Å². The van der Waals surface area contributed by atoms with Crippen molar-refractivity contribution in [3.63, 3.8) is 0 Å². The van der Waals surface area contributed by atoms with Crippen LogP contribution in [0.2, 0.25) is 0 Å². The first kappa shape index (κ1) is 16.8. The molecule has 0 aromatic carbocycles. The first-order valence-corrected chi connectivity index (χ1v) is 7.32. The van der Waals surface area contributed by atoms with Crippen molar-refractivity contribution < 1.29 is 19.8 Å². The van der Waals surface area contributed by atoms with Crippen molar-refractivity contribution in [1.29, 1.82) is 0 Å². The molecule has 1 aliphatic carbocycles. The Balaban J connectivity index is 2.37. The van der Waals surface area contributed by atoms with E-state index in [1.54, 1.807) is 0 Å². The maximum Gasteiger partial charge on any atom is 0.315 e. The predicted octanol–water partition coefficient (Wildman–Crippen LogP) is 1.48. The Kier molecular flexibility index (Phi) is 6.26. The lowest BCUT2D eigenvalue weighted by atomic mass is 9.83. The summed E-state index contributed by atoms with van der Waals surface area (Å²) >= 11 is 0. The summed E-state index contributed by atoms with van der Waals surface area (Å²) in [6.45, 7) is 3.45. The van der Waals surface area contributed by atoms with E-state index in [1.165, 1.54) is 13.3 Å². The van der Waals surface area contributed by atoms with Gasteiger partial charge < -0.3 is 20.8 Å². The Hall–Kier alpha value is -1.30. The molecule has 4 N–H and O–H groups in total. The largest absolute Gasteiger partial charge is 0.481 e. The highest BCUT2D eigenvalue weighted by Crippen LogP contribution is 2.26. The summed E-state index contributed by atoms with van der Waals surface area (Å²) in [7, 11) is 0. The molecule has 1 rings (SSSR count). The number of urea groups is 1. The van der Waals surface area contributed by atoms with E-state index in [0.717, 1.165) is 25.7 Å². The minimum absolute atomic E-state index is 0.0748. The number of carboxylic acids is 1. The molecule has 1 saturated carbocycles. The van der Waals surface area contributed by atoms with Crippen LogP contribution in [0.1, 0.15) is 52.4 Å². The maximum absolute atomic E-state index is 11.8. The molecule has 0 saturated heterocycles. The fraction of sp³-hybridized carbons (Fsp3) is 0.857. The highest BCUT2D eigenvalue weighted by molar-refractivity contribution is 5.74. The van der Waals surface area contributed by atoms with E-state index in [1.807, 2.05) is 0 Å². The van der Waals surface area contributed by atoms with Crippen LogP contribution in [-0.2, 0) is 4.79 Å². The first-order valence-electron chi connectivity index (χ1n) is 7.32. The minimum Gasteiger partial charge on any atom is -0.481 e. The molecule has 3 atom stereocenters. The third-order valence-electron chi connectivity index (χ3n) is 3.91. The van der Waals surface area contributed by atoms with Crippen molar-refractivity contribution in [2.24, 2.45) is 5.92 Å². The van der Waals surface area contributed by atoms with Crippen LogP contribution < -0.4 is 10.6 Å². The second-order valence-corrected chi connectivity index (χ2v) is 5.95. The van der Waals surface area contributed by atoms with E-state index < -0.39 is 18.0 Å². The maximum atomic E-state index is 11.8. The summed E-state index contributed by atoms with van der Waals surface area (Å²) < 4.78 is 0. The molecule has 6 heteroatoms. The lowest BCUT2D eigenvalue weighted by Crippen LogP contribution is -2.50. The van der Waals surface area contributed by atoms with E-state index in [9.17, 15) is 14.7 Å². The molecule has 2 amide bonds. The second kappa shape index (κ2) is 7.47. The Labute approximate surface area is 119 Å². The Morgan fingerprint density at radius 2 is 1.95 bits per heavy atom. The normalized spacial score (nSPS) is 25.6. The van der Waals surface area contributed by atoms with Crippen LogP contribution in [-0.4, -0.2) is 40.4 Å². The van der Waals surface area contributed by atoms with E-state index in [4.69, 9.17) is 5.11 Å². The number of aliphatic carboxylic acids is 1.